The van der Waals surface area contributed by atoms with Gasteiger partial charge in [0.05, 0.1) is 18.8 Å². The Balaban J connectivity index is 0.992. The van der Waals surface area contributed by atoms with Gasteiger partial charge >= 0.3 is 0 Å². The van der Waals surface area contributed by atoms with Crippen molar-refractivity contribution in [1.82, 2.24) is 34.7 Å². The molecule has 2 aromatic heterocycles. The third kappa shape index (κ3) is 5.64. The molecular weight excluding hydrogens is 529 g/mol. The molecule has 1 aliphatic carbocycles. The number of alkyl halides is 1. The average molecular weight is 570 g/mol. The van der Waals surface area contributed by atoms with Gasteiger partial charge in [0, 0.05) is 44.8 Å². The molecule has 2 aliphatic heterocycles. The van der Waals surface area contributed by atoms with E-state index in [1.807, 2.05) is 17.9 Å². The van der Waals surface area contributed by atoms with Crippen LogP contribution in [0.5, 0.6) is 0 Å². The number of benzene rings is 2. The molecule has 1 saturated heterocycles. The fourth-order valence-electron chi connectivity index (χ4n) is 7.01. The largest absolute Gasteiger partial charge is 0.368 e. The van der Waals surface area contributed by atoms with E-state index >= 15 is 4.39 Å². The Bertz CT molecular complexity index is 1490. The first-order valence-corrected chi connectivity index (χ1v) is 15.5. The number of ether oxygens (including phenoxy) is 1. The zero-order chi connectivity index (χ0) is 28.5. The van der Waals surface area contributed by atoms with Gasteiger partial charge in [0.1, 0.15) is 17.6 Å². The van der Waals surface area contributed by atoms with E-state index in [-0.39, 0.29) is 12.1 Å². The molecule has 220 valence electrons. The van der Waals surface area contributed by atoms with Gasteiger partial charge < -0.3 is 14.2 Å². The molecule has 8 nitrogen and oxygen atoms in total. The average Bonchev–Trinajstić information content (AvgIpc) is 3.69. The maximum atomic E-state index is 15.6. The van der Waals surface area contributed by atoms with Gasteiger partial charge in [-0.1, -0.05) is 59.8 Å². The maximum absolute atomic E-state index is 15.6. The van der Waals surface area contributed by atoms with E-state index in [9.17, 15) is 0 Å². The summed E-state index contributed by atoms with van der Waals surface area (Å²) < 4.78 is 26.0. The Morgan fingerprint density at radius 2 is 1.60 bits per heavy atom. The van der Waals surface area contributed by atoms with Crippen molar-refractivity contribution in [2.45, 2.75) is 81.6 Å². The highest BCUT2D eigenvalue weighted by molar-refractivity contribution is 5.30. The van der Waals surface area contributed by atoms with E-state index < -0.39 is 5.67 Å². The van der Waals surface area contributed by atoms with Crippen molar-refractivity contribution in [3.05, 3.63) is 94.8 Å². The second-order valence-corrected chi connectivity index (χ2v) is 12.5. The molecule has 0 radical (unpaired) electrons. The molecule has 2 aromatic carbocycles. The number of nitrogens with zero attached hydrogens (tertiary/aromatic N) is 7. The SMILES string of the molecule is CN1CCC(F)(c2cn([C@H]3CC[C@H](c4nnc5n4CCOC5Cc4cccc(Cc5ccccc5)c4)CC3)nn2)CC1. The zero-order valence-electron chi connectivity index (χ0n) is 24.4. The minimum absolute atomic E-state index is 0.0931. The van der Waals surface area contributed by atoms with Crippen molar-refractivity contribution in [2.24, 2.45) is 0 Å². The Hall–Kier alpha value is -3.43. The summed E-state index contributed by atoms with van der Waals surface area (Å²) in [7, 11) is 2.04. The van der Waals surface area contributed by atoms with Gasteiger partial charge in [0.25, 0.3) is 0 Å². The van der Waals surface area contributed by atoms with Crippen LogP contribution in [0, 0.1) is 0 Å². The Morgan fingerprint density at radius 1 is 0.857 bits per heavy atom. The number of halogens is 1. The number of fused-ring (bicyclic) bond motifs is 1. The minimum atomic E-state index is -1.36. The molecule has 3 aliphatic rings. The normalized spacial score (nSPS) is 24.4. The summed E-state index contributed by atoms with van der Waals surface area (Å²) in [4.78, 5) is 2.17. The third-order valence-corrected chi connectivity index (χ3v) is 9.58. The second kappa shape index (κ2) is 11.7. The Labute approximate surface area is 246 Å². The van der Waals surface area contributed by atoms with Crippen molar-refractivity contribution >= 4 is 0 Å². The number of hydrogen-bond donors (Lipinski definition) is 0. The smallest absolute Gasteiger partial charge is 0.162 e. The van der Waals surface area contributed by atoms with E-state index in [1.165, 1.54) is 16.7 Å². The van der Waals surface area contributed by atoms with Gasteiger partial charge in [-0.3, -0.25) is 0 Å². The summed E-state index contributed by atoms with van der Waals surface area (Å²) in [6, 6.07) is 19.7. The molecule has 0 amide bonds. The predicted molar refractivity (Wildman–Crippen MR) is 158 cm³/mol. The zero-order valence-corrected chi connectivity index (χ0v) is 24.4. The molecule has 7 rings (SSSR count). The van der Waals surface area contributed by atoms with Crippen molar-refractivity contribution in [3.63, 3.8) is 0 Å². The molecule has 9 heteroatoms. The van der Waals surface area contributed by atoms with Gasteiger partial charge in [-0.25, -0.2) is 9.07 Å². The molecule has 42 heavy (non-hydrogen) atoms. The quantitative estimate of drug-likeness (QED) is 0.290. The molecule has 1 unspecified atom stereocenters. The first-order chi connectivity index (χ1) is 20.5. The van der Waals surface area contributed by atoms with Gasteiger partial charge in [0.2, 0.25) is 0 Å². The molecule has 4 aromatic rings. The van der Waals surface area contributed by atoms with Crippen LogP contribution in [-0.2, 0) is 29.8 Å². The first kappa shape index (κ1) is 27.4. The van der Waals surface area contributed by atoms with Crippen LogP contribution in [0.1, 0.15) is 90.6 Å². The van der Waals surface area contributed by atoms with Crippen molar-refractivity contribution in [1.29, 1.82) is 0 Å². The molecule has 0 N–H and O–H groups in total. The molecule has 2 fully saturated rings. The van der Waals surface area contributed by atoms with Crippen molar-refractivity contribution in [2.75, 3.05) is 26.7 Å². The highest BCUT2D eigenvalue weighted by atomic mass is 19.1. The van der Waals surface area contributed by atoms with E-state index in [4.69, 9.17) is 9.84 Å². The predicted octanol–water partition coefficient (Wildman–Crippen LogP) is 5.56. The van der Waals surface area contributed by atoms with Crippen LogP contribution in [0.4, 0.5) is 4.39 Å². The van der Waals surface area contributed by atoms with Crippen LogP contribution >= 0.6 is 0 Å². The number of hydrogen-bond acceptors (Lipinski definition) is 6. The van der Waals surface area contributed by atoms with Crippen LogP contribution < -0.4 is 0 Å². The molecule has 4 heterocycles. The van der Waals surface area contributed by atoms with E-state index in [0.29, 0.717) is 31.1 Å². The van der Waals surface area contributed by atoms with Crippen LogP contribution in [0.25, 0.3) is 0 Å². The highest BCUT2D eigenvalue weighted by Crippen LogP contribution is 2.40. The topological polar surface area (TPSA) is 73.9 Å². The lowest BCUT2D eigenvalue weighted by Crippen LogP contribution is -2.38. The van der Waals surface area contributed by atoms with Gasteiger partial charge in [-0.15, -0.1) is 15.3 Å². The lowest BCUT2D eigenvalue weighted by molar-refractivity contribution is 0.0162. The van der Waals surface area contributed by atoms with Gasteiger partial charge in [-0.05, 0) is 55.8 Å². The summed E-state index contributed by atoms with van der Waals surface area (Å²) in [6.07, 6.45) is 8.43. The highest BCUT2D eigenvalue weighted by Gasteiger charge is 2.39. The molecule has 0 spiro atoms. The molecular formula is C33H40FN7O. The molecule has 1 atom stereocenters. The van der Waals surface area contributed by atoms with Crippen molar-refractivity contribution in [3.8, 4) is 0 Å². The Kier molecular flexibility index (Phi) is 7.63. The second-order valence-electron chi connectivity index (χ2n) is 12.5. The fraction of sp³-hybridized carbons (Fsp3) is 0.515. The summed E-state index contributed by atoms with van der Waals surface area (Å²) in [5, 5.41) is 18.0. The minimum Gasteiger partial charge on any atom is -0.368 e. The molecule has 1 saturated carbocycles. The number of aromatic nitrogens is 6. The Morgan fingerprint density at radius 3 is 2.40 bits per heavy atom. The van der Waals surface area contributed by atoms with Crippen LogP contribution in [-0.4, -0.2) is 61.4 Å². The maximum Gasteiger partial charge on any atom is 0.162 e. The lowest BCUT2D eigenvalue weighted by Gasteiger charge is -2.33. The summed E-state index contributed by atoms with van der Waals surface area (Å²) in [5.74, 6) is 2.39. The third-order valence-electron chi connectivity index (χ3n) is 9.58. The summed E-state index contributed by atoms with van der Waals surface area (Å²) in [5.41, 5.74) is 3.02. The van der Waals surface area contributed by atoms with E-state index in [1.54, 1.807) is 0 Å². The monoisotopic (exact) mass is 569 g/mol. The van der Waals surface area contributed by atoms with Gasteiger partial charge in [-0.2, -0.15) is 0 Å². The number of piperidine rings is 1. The fourth-order valence-corrected chi connectivity index (χ4v) is 7.01. The van der Waals surface area contributed by atoms with E-state index in [0.717, 1.165) is 69.8 Å². The first-order valence-electron chi connectivity index (χ1n) is 15.5. The van der Waals surface area contributed by atoms with Gasteiger partial charge in [0.15, 0.2) is 11.5 Å². The standard InChI is InChI=1S/C33H40FN7O/c1-39-16-14-33(34,15-17-39)30-23-41(38-35-30)28-12-10-27(11-13-28)31-36-37-32-29(42-19-18-40(31)32)22-26-9-5-8-25(21-26)20-24-6-3-2-4-7-24/h2-9,21,23,27-29H,10-20,22H2,1H3/t27-,28-,29?. The van der Waals surface area contributed by atoms with Crippen LogP contribution in [0.3, 0.4) is 0 Å². The summed E-state index contributed by atoms with van der Waals surface area (Å²) in [6.45, 7) is 2.97. The van der Waals surface area contributed by atoms with E-state index in [2.05, 4.69) is 79.5 Å². The lowest BCUT2D eigenvalue weighted by atomic mass is 9.85. The van der Waals surface area contributed by atoms with Crippen LogP contribution in [0.2, 0.25) is 0 Å². The summed E-state index contributed by atoms with van der Waals surface area (Å²) >= 11 is 0. The van der Waals surface area contributed by atoms with Crippen LogP contribution in [0.15, 0.2) is 60.8 Å². The number of rotatable bonds is 7. The number of likely N-dealkylation sites (tertiary alicyclic amines) is 1. The van der Waals surface area contributed by atoms with Crippen molar-refractivity contribution < 1.29 is 9.13 Å². The molecule has 0 bridgehead atoms.